The van der Waals surface area contributed by atoms with Crippen molar-refractivity contribution in [3.8, 4) is 5.75 Å². The summed E-state index contributed by atoms with van der Waals surface area (Å²) >= 11 is 0. The molecule has 0 spiro atoms. The number of fused-ring (bicyclic) bond motifs is 2. The number of rotatable bonds is 3. The molecule has 0 aliphatic carbocycles. The Balaban J connectivity index is 1.70. The zero-order valence-corrected chi connectivity index (χ0v) is 14.0. The molecule has 4 aromatic rings. The van der Waals surface area contributed by atoms with Crippen molar-refractivity contribution >= 4 is 33.4 Å². The Morgan fingerprint density at radius 2 is 2.04 bits per heavy atom. The standard InChI is InChI=1S/C20H17N3O2/c1-12-5-8-16(15-4-3-9-21-19(12)15)23-20(24)18-10-13-6-7-14(25-2)11-17(13)22-18/h3-11,22H,1-2H3,(H,23,24). The molecule has 1 amide bonds. The molecule has 0 fully saturated rings. The number of methoxy groups -OCH3 is 1. The average molecular weight is 331 g/mol. The first-order valence-corrected chi connectivity index (χ1v) is 7.98. The largest absolute Gasteiger partial charge is 0.497 e. The van der Waals surface area contributed by atoms with Crippen LogP contribution in [0.5, 0.6) is 5.75 Å². The van der Waals surface area contributed by atoms with Gasteiger partial charge in [-0.3, -0.25) is 9.78 Å². The summed E-state index contributed by atoms with van der Waals surface area (Å²) in [5, 5.41) is 4.86. The molecule has 5 heteroatoms. The molecule has 2 aromatic heterocycles. The van der Waals surface area contributed by atoms with Gasteiger partial charge in [-0.15, -0.1) is 0 Å². The highest BCUT2D eigenvalue weighted by Gasteiger charge is 2.12. The molecule has 0 radical (unpaired) electrons. The first-order chi connectivity index (χ1) is 12.2. The number of amides is 1. The molecule has 2 heterocycles. The van der Waals surface area contributed by atoms with Crippen molar-refractivity contribution in [1.29, 1.82) is 0 Å². The highest BCUT2D eigenvalue weighted by atomic mass is 16.5. The molecule has 0 unspecified atom stereocenters. The molecular weight excluding hydrogens is 314 g/mol. The van der Waals surface area contributed by atoms with Crippen LogP contribution in [-0.4, -0.2) is 23.0 Å². The first-order valence-electron chi connectivity index (χ1n) is 7.98. The third-order valence-electron chi connectivity index (χ3n) is 4.29. The van der Waals surface area contributed by atoms with Crippen molar-refractivity contribution in [3.63, 3.8) is 0 Å². The van der Waals surface area contributed by atoms with Crippen LogP contribution in [-0.2, 0) is 0 Å². The van der Waals surface area contributed by atoms with Crippen LogP contribution in [0.2, 0.25) is 0 Å². The number of aromatic amines is 1. The van der Waals surface area contributed by atoms with Crippen LogP contribution in [0.1, 0.15) is 16.1 Å². The molecule has 0 saturated carbocycles. The summed E-state index contributed by atoms with van der Waals surface area (Å²) in [6, 6.07) is 15.2. The van der Waals surface area contributed by atoms with Gasteiger partial charge in [0.2, 0.25) is 0 Å². The number of ether oxygens (including phenoxy) is 1. The van der Waals surface area contributed by atoms with E-state index >= 15 is 0 Å². The summed E-state index contributed by atoms with van der Waals surface area (Å²) in [7, 11) is 1.62. The second kappa shape index (κ2) is 5.94. The van der Waals surface area contributed by atoms with Crippen LogP contribution in [0.15, 0.2) is 54.7 Å². The highest BCUT2D eigenvalue weighted by Crippen LogP contribution is 2.26. The summed E-state index contributed by atoms with van der Waals surface area (Å²) in [5.41, 5.74) is 4.07. The number of H-pyrrole nitrogens is 1. The number of carbonyl (C=O) groups excluding carboxylic acids is 1. The lowest BCUT2D eigenvalue weighted by Gasteiger charge is -2.09. The van der Waals surface area contributed by atoms with Crippen molar-refractivity contribution in [3.05, 3.63) is 66.0 Å². The SMILES string of the molecule is COc1ccc2cc(C(=O)Nc3ccc(C)c4ncccc34)[nH]c2c1. The molecule has 25 heavy (non-hydrogen) atoms. The lowest BCUT2D eigenvalue weighted by molar-refractivity contribution is 0.102. The van der Waals surface area contributed by atoms with Crippen LogP contribution in [0, 0.1) is 6.92 Å². The Morgan fingerprint density at radius 1 is 1.16 bits per heavy atom. The number of nitrogens with one attached hydrogen (secondary N) is 2. The Kier molecular flexibility index (Phi) is 3.61. The fourth-order valence-electron chi connectivity index (χ4n) is 2.97. The Morgan fingerprint density at radius 3 is 2.88 bits per heavy atom. The van der Waals surface area contributed by atoms with Crippen LogP contribution in [0.4, 0.5) is 5.69 Å². The van der Waals surface area contributed by atoms with Gasteiger partial charge in [-0.2, -0.15) is 0 Å². The number of hydrogen-bond acceptors (Lipinski definition) is 3. The summed E-state index contributed by atoms with van der Waals surface area (Å²) in [4.78, 5) is 20.2. The molecule has 0 bridgehead atoms. The fraction of sp³-hybridized carbons (Fsp3) is 0.100. The number of benzene rings is 2. The van der Waals surface area contributed by atoms with E-state index in [2.05, 4.69) is 15.3 Å². The number of pyridine rings is 1. The maximum atomic E-state index is 12.7. The van der Waals surface area contributed by atoms with Crippen molar-refractivity contribution in [1.82, 2.24) is 9.97 Å². The monoisotopic (exact) mass is 331 g/mol. The van der Waals surface area contributed by atoms with Crippen LogP contribution in [0.3, 0.4) is 0 Å². The van der Waals surface area contributed by atoms with Gasteiger partial charge in [0.05, 0.1) is 18.3 Å². The van der Waals surface area contributed by atoms with E-state index in [9.17, 15) is 4.79 Å². The number of hydrogen-bond donors (Lipinski definition) is 2. The highest BCUT2D eigenvalue weighted by molar-refractivity contribution is 6.10. The van der Waals surface area contributed by atoms with Crippen molar-refractivity contribution in [2.75, 3.05) is 12.4 Å². The molecular formula is C20H17N3O2. The van der Waals surface area contributed by atoms with Crippen LogP contribution < -0.4 is 10.1 Å². The molecule has 4 rings (SSSR count). The Labute approximate surface area is 144 Å². The van der Waals surface area contributed by atoms with Crippen LogP contribution in [0.25, 0.3) is 21.8 Å². The van der Waals surface area contributed by atoms with E-state index < -0.39 is 0 Å². The smallest absolute Gasteiger partial charge is 0.272 e. The minimum Gasteiger partial charge on any atom is -0.497 e. The quantitative estimate of drug-likeness (QED) is 0.588. The summed E-state index contributed by atoms with van der Waals surface area (Å²) < 4.78 is 5.22. The zero-order chi connectivity index (χ0) is 17.4. The maximum Gasteiger partial charge on any atom is 0.272 e. The van der Waals surface area contributed by atoms with E-state index in [0.717, 1.165) is 38.8 Å². The molecule has 124 valence electrons. The predicted octanol–water partition coefficient (Wildman–Crippen LogP) is 4.29. The lowest BCUT2D eigenvalue weighted by Crippen LogP contribution is -2.12. The van der Waals surface area contributed by atoms with Gasteiger partial charge in [-0.25, -0.2) is 0 Å². The van der Waals surface area contributed by atoms with Crippen molar-refractivity contribution in [2.24, 2.45) is 0 Å². The van der Waals surface area contributed by atoms with E-state index in [4.69, 9.17) is 4.74 Å². The zero-order valence-electron chi connectivity index (χ0n) is 14.0. The minimum atomic E-state index is -0.191. The number of aromatic nitrogens is 2. The minimum absolute atomic E-state index is 0.191. The van der Waals surface area contributed by atoms with Gasteiger partial charge in [0, 0.05) is 28.6 Å². The van der Waals surface area contributed by atoms with E-state index in [0.29, 0.717) is 5.69 Å². The predicted molar refractivity (Wildman–Crippen MR) is 99.3 cm³/mol. The summed E-state index contributed by atoms with van der Waals surface area (Å²) in [6.45, 7) is 2.01. The molecule has 5 nitrogen and oxygen atoms in total. The Hall–Kier alpha value is -3.34. The average Bonchev–Trinajstić information content (AvgIpc) is 3.07. The van der Waals surface area contributed by atoms with Crippen LogP contribution >= 0.6 is 0 Å². The van der Waals surface area contributed by atoms with Gasteiger partial charge in [-0.05, 0) is 48.9 Å². The second-order valence-corrected chi connectivity index (χ2v) is 5.92. The van der Waals surface area contributed by atoms with Gasteiger partial charge in [0.25, 0.3) is 5.91 Å². The van der Waals surface area contributed by atoms with E-state index in [-0.39, 0.29) is 5.91 Å². The van der Waals surface area contributed by atoms with Crippen molar-refractivity contribution < 1.29 is 9.53 Å². The third-order valence-corrected chi connectivity index (χ3v) is 4.29. The van der Waals surface area contributed by atoms with Crippen molar-refractivity contribution in [2.45, 2.75) is 6.92 Å². The van der Waals surface area contributed by atoms with Gasteiger partial charge in [-0.1, -0.05) is 6.07 Å². The normalized spacial score (nSPS) is 11.0. The first kappa shape index (κ1) is 15.2. The van der Waals surface area contributed by atoms with Gasteiger partial charge >= 0.3 is 0 Å². The van der Waals surface area contributed by atoms with Gasteiger partial charge in [0.15, 0.2) is 0 Å². The van der Waals surface area contributed by atoms with E-state index in [1.165, 1.54) is 0 Å². The number of aryl methyl sites for hydroxylation is 1. The third kappa shape index (κ3) is 2.70. The number of anilines is 1. The molecule has 0 saturated heterocycles. The molecule has 0 atom stereocenters. The molecule has 2 aromatic carbocycles. The van der Waals surface area contributed by atoms with Gasteiger partial charge in [0.1, 0.15) is 11.4 Å². The molecule has 0 aliphatic heterocycles. The lowest BCUT2D eigenvalue weighted by atomic mass is 10.1. The second-order valence-electron chi connectivity index (χ2n) is 5.92. The summed E-state index contributed by atoms with van der Waals surface area (Å²) in [6.07, 6.45) is 1.76. The molecule has 0 aliphatic rings. The topological polar surface area (TPSA) is 67.0 Å². The fourth-order valence-corrected chi connectivity index (χ4v) is 2.97. The van der Waals surface area contributed by atoms with Gasteiger partial charge < -0.3 is 15.0 Å². The molecule has 2 N–H and O–H groups in total. The van der Waals surface area contributed by atoms with E-state index in [1.807, 2.05) is 55.5 Å². The Bertz CT molecular complexity index is 1100. The maximum absolute atomic E-state index is 12.7. The number of nitrogens with zero attached hydrogens (tertiary/aromatic N) is 1. The number of carbonyl (C=O) groups is 1. The van der Waals surface area contributed by atoms with E-state index in [1.54, 1.807) is 13.3 Å². The summed E-state index contributed by atoms with van der Waals surface area (Å²) in [5.74, 6) is 0.557.